The lowest BCUT2D eigenvalue weighted by atomic mass is 10.1. The van der Waals surface area contributed by atoms with Crippen LogP contribution in [0.4, 0.5) is 5.69 Å². The van der Waals surface area contributed by atoms with E-state index in [2.05, 4.69) is 15.4 Å². The quantitative estimate of drug-likeness (QED) is 0.428. The predicted molar refractivity (Wildman–Crippen MR) is 124 cm³/mol. The molecule has 0 saturated carbocycles. The highest BCUT2D eigenvalue weighted by molar-refractivity contribution is 6.08. The van der Waals surface area contributed by atoms with Gasteiger partial charge in [-0.3, -0.25) is 9.78 Å². The number of nitrogens with one attached hydrogen (secondary N) is 1. The highest BCUT2D eigenvalue weighted by Gasteiger charge is 2.20. The fraction of sp³-hybridized carbons (Fsp3) is 0.160. The third kappa shape index (κ3) is 4.62. The maximum atomic E-state index is 13.4. The maximum Gasteiger partial charge on any atom is 0.259 e. The molecule has 0 bridgehead atoms. The summed E-state index contributed by atoms with van der Waals surface area (Å²) < 4.78 is 13.0. The first-order chi connectivity index (χ1) is 15.7. The Morgan fingerprint density at radius 3 is 2.53 bits per heavy atom. The average Bonchev–Trinajstić information content (AvgIpc) is 3.28. The van der Waals surface area contributed by atoms with Crippen LogP contribution in [0.2, 0.25) is 0 Å². The third-order valence-corrected chi connectivity index (χ3v) is 4.72. The second kappa shape index (κ2) is 9.78. The molecule has 4 rings (SSSR count). The van der Waals surface area contributed by atoms with Crippen LogP contribution in [-0.2, 0) is 0 Å². The van der Waals surface area contributed by atoms with E-state index in [9.17, 15) is 4.79 Å². The molecule has 0 atom stereocenters. The molecule has 0 aliphatic heterocycles. The lowest BCUT2D eigenvalue weighted by molar-refractivity contribution is 0.102. The molecule has 0 spiro atoms. The number of amides is 1. The summed E-state index contributed by atoms with van der Waals surface area (Å²) in [4.78, 5) is 17.6. The molecule has 7 nitrogen and oxygen atoms in total. The Balaban J connectivity index is 1.73. The molecule has 4 aromatic rings. The molecule has 32 heavy (non-hydrogen) atoms. The van der Waals surface area contributed by atoms with Gasteiger partial charge in [0.05, 0.1) is 30.2 Å². The van der Waals surface area contributed by atoms with Gasteiger partial charge in [-0.25, -0.2) is 4.68 Å². The molecule has 7 heteroatoms. The number of hydrogen-bond acceptors (Lipinski definition) is 5. The number of carbonyl (C=O) groups excluding carboxylic acids is 1. The Hall–Kier alpha value is -4.13. The van der Waals surface area contributed by atoms with E-state index in [0.717, 1.165) is 11.3 Å². The van der Waals surface area contributed by atoms with Crippen molar-refractivity contribution in [3.05, 3.63) is 84.8 Å². The minimum atomic E-state index is -0.305. The van der Waals surface area contributed by atoms with Gasteiger partial charge in [-0.05, 0) is 50.2 Å². The number of para-hydroxylation sites is 1. The fourth-order valence-electron chi connectivity index (χ4n) is 3.30. The van der Waals surface area contributed by atoms with E-state index < -0.39 is 0 Å². The molecule has 1 amide bonds. The predicted octanol–water partition coefficient (Wildman–Crippen LogP) is 4.98. The van der Waals surface area contributed by atoms with Crippen LogP contribution in [0.1, 0.15) is 24.2 Å². The van der Waals surface area contributed by atoms with Crippen molar-refractivity contribution in [2.24, 2.45) is 0 Å². The smallest absolute Gasteiger partial charge is 0.259 e. The van der Waals surface area contributed by atoms with Crippen molar-refractivity contribution in [2.75, 3.05) is 18.5 Å². The van der Waals surface area contributed by atoms with Crippen LogP contribution < -0.4 is 14.8 Å². The average molecular weight is 428 g/mol. The SMILES string of the molecule is CCOc1ccc(OCC)c(NC(=O)c2cn(-c3ccccc3)nc2-c2cccnc2)c1. The first-order valence-electron chi connectivity index (χ1n) is 10.5. The molecule has 0 radical (unpaired) electrons. The van der Waals surface area contributed by atoms with Crippen molar-refractivity contribution < 1.29 is 14.3 Å². The van der Waals surface area contributed by atoms with Crippen molar-refractivity contribution in [2.45, 2.75) is 13.8 Å². The van der Waals surface area contributed by atoms with E-state index in [-0.39, 0.29) is 5.91 Å². The van der Waals surface area contributed by atoms with E-state index in [1.54, 1.807) is 35.4 Å². The van der Waals surface area contributed by atoms with E-state index >= 15 is 0 Å². The van der Waals surface area contributed by atoms with Crippen LogP contribution in [0, 0.1) is 0 Å². The molecule has 0 unspecified atom stereocenters. The Morgan fingerprint density at radius 2 is 1.81 bits per heavy atom. The van der Waals surface area contributed by atoms with Gasteiger partial charge in [0.2, 0.25) is 0 Å². The van der Waals surface area contributed by atoms with Gasteiger partial charge in [0, 0.05) is 30.2 Å². The molecule has 0 aliphatic carbocycles. The monoisotopic (exact) mass is 428 g/mol. The van der Waals surface area contributed by atoms with Gasteiger partial charge in [0.25, 0.3) is 5.91 Å². The standard InChI is InChI=1S/C25H24N4O3/c1-3-31-20-12-13-23(32-4-2)22(15-20)27-25(30)21-17-29(19-10-6-5-7-11-19)28-24(21)18-9-8-14-26-16-18/h5-17H,3-4H2,1-2H3,(H,27,30). The first-order valence-corrected chi connectivity index (χ1v) is 10.5. The number of aromatic nitrogens is 3. The fourth-order valence-corrected chi connectivity index (χ4v) is 3.30. The van der Waals surface area contributed by atoms with Gasteiger partial charge in [-0.1, -0.05) is 18.2 Å². The second-order valence-corrected chi connectivity index (χ2v) is 6.89. The van der Waals surface area contributed by atoms with Crippen LogP contribution >= 0.6 is 0 Å². The van der Waals surface area contributed by atoms with Crippen LogP contribution in [0.15, 0.2) is 79.3 Å². The topological polar surface area (TPSA) is 78.3 Å². The van der Waals surface area contributed by atoms with Gasteiger partial charge in [-0.15, -0.1) is 0 Å². The number of anilines is 1. The molecule has 2 heterocycles. The van der Waals surface area contributed by atoms with E-state index in [1.807, 2.05) is 62.4 Å². The summed E-state index contributed by atoms with van der Waals surface area (Å²) in [6.45, 7) is 4.80. The zero-order chi connectivity index (χ0) is 22.3. The van der Waals surface area contributed by atoms with Gasteiger partial charge in [-0.2, -0.15) is 5.10 Å². The second-order valence-electron chi connectivity index (χ2n) is 6.89. The molecule has 0 saturated heterocycles. The molecule has 162 valence electrons. The summed E-state index contributed by atoms with van der Waals surface area (Å²) in [5.74, 6) is 0.919. The van der Waals surface area contributed by atoms with Crippen molar-refractivity contribution in [1.29, 1.82) is 0 Å². The molecule has 2 aromatic carbocycles. The Morgan fingerprint density at radius 1 is 1.00 bits per heavy atom. The number of ether oxygens (including phenoxy) is 2. The van der Waals surface area contributed by atoms with Gasteiger partial charge in [0.1, 0.15) is 17.2 Å². The van der Waals surface area contributed by atoms with E-state index in [0.29, 0.717) is 41.7 Å². The summed E-state index contributed by atoms with van der Waals surface area (Å²) in [6.07, 6.45) is 5.10. The number of hydrogen-bond donors (Lipinski definition) is 1. The Kier molecular flexibility index (Phi) is 6.46. The molecular formula is C25H24N4O3. The van der Waals surface area contributed by atoms with Gasteiger partial charge >= 0.3 is 0 Å². The summed E-state index contributed by atoms with van der Waals surface area (Å²) in [5, 5.41) is 7.65. The van der Waals surface area contributed by atoms with Gasteiger partial charge < -0.3 is 14.8 Å². The molecule has 0 fully saturated rings. The first kappa shape index (κ1) is 21.1. The summed E-state index contributed by atoms with van der Waals surface area (Å²) in [5.41, 5.74) is 3.10. The lowest BCUT2D eigenvalue weighted by Crippen LogP contribution is -2.13. The van der Waals surface area contributed by atoms with E-state index in [4.69, 9.17) is 9.47 Å². The minimum Gasteiger partial charge on any atom is -0.494 e. The third-order valence-electron chi connectivity index (χ3n) is 4.72. The van der Waals surface area contributed by atoms with Crippen LogP contribution in [-0.4, -0.2) is 33.9 Å². The van der Waals surface area contributed by atoms with Crippen LogP contribution in [0.5, 0.6) is 11.5 Å². The van der Waals surface area contributed by atoms with Crippen molar-refractivity contribution in [1.82, 2.24) is 14.8 Å². The Bertz CT molecular complexity index is 1190. The van der Waals surface area contributed by atoms with Crippen LogP contribution in [0.3, 0.4) is 0 Å². The Labute approximate surface area is 186 Å². The molecular weight excluding hydrogens is 404 g/mol. The van der Waals surface area contributed by atoms with Crippen LogP contribution in [0.25, 0.3) is 16.9 Å². The van der Waals surface area contributed by atoms with Crippen molar-refractivity contribution >= 4 is 11.6 Å². The summed E-state index contributed by atoms with van der Waals surface area (Å²) >= 11 is 0. The normalized spacial score (nSPS) is 10.6. The number of nitrogens with zero attached hydrogens (tertiary/aromatic N) is 3. The largest absolute Gasteiger partial charge is 0.494 e. The lowest BCUT2D eigenvalue weighted by Gasteiger charge is -2.13. The zero-order valence-electron chi connectivity index (χ0n) is 18.0. The number of pyridine rings is 1. The number of carbonyl (C=O) groups is 1. The number of benzene rings is 2. The van der Waals surface area contributed by atoms with Crippen molar-refractivity contribution in [3.63, 3.8) is 0 Å². The minimum absolute atomic E-state index is 0.305. The molecule has 2 aromatic heterocycles. The highest BCUT2D eigenvalue weighted by atomic mass is 16.5. The number of rotatable bonds is 8. The summed E-state index contributed by atoms with van der Waals surface area (Å²) in [7, 11) is 0. The molecule has 0 aliphatic rings. The summed E-state index contributed by atoms with van der Waals surface area (Å²) in [6, 6.07) is 18.7. The molecule has 1 N–H and O–H groups in total. The van der Waals surface area contributed by atoms with E-state index in [1.165, 1.54) is 0 Å². The zero-order valence-corrected chi connectivity index (χ0v) is 18.0. The highest BCUT2D eigenvalue weighted by Crippen LogP contribution is 2.31. The van der Waals surface area contributed by atoms with Crippen molar-refractivity contribution in [3.8, 4) is 28.4 Å². The van der Waals surface area contributed by atoms with Gasteiger partial charge in [0.15, 0.2) is 0 Å². The maximum absolute atomic E-state index is 13.4.